The van der Waals surface area contributed by atoms with E-state index in [1.54, 1.807) is 76.6 Å². The van der Waals surface area contributed by atoms with E-state index in [4.69, 9.17) is 9.47 Å². The van der Waals surface area contributed by atoms with Gasteiger partial charge in [-0.15, -0.1) is 0 Å². The Hall–Kier alpha value is -4.14. The Balaban J connectivity index is 0.000000493. The second kappa shape index (κ2) is 32.9. The van der Waals surface area contributed by atoms with Crippen LogP contribution in [0.1, 0.15) is 121 Å². The fraction of sp³-hybridized carbons (Fsp3) is 0.654. The highest BCUT2D eigenvalue weighted by atomic mass is 33.1. The third-order valence-electron chi connectivity index (χ3n) is 12.3. The molecule has 3 aliphatic rings. The predicted octanol–water partition coefficient (Wildman–Crippen LogP) is 6.28. The van der Waals surface area contributed by atoms with Crippen LogP contribution in [0.4, 0.5) is 0 Å². The van der Waals surface area contributed by atoms with Gasteiger partial charge in [-0.25, -0.2) is 9.59 Å². The van der Waals surface area contributed by atoms with Crippen LogP contribution < -0.4 is 21.3 Å². The first-order valence-corrected chi connectivity index (χ1v) is 28.5. The number of allylic oxidation sites excluding steroid dienone is 4. The molecule has 4 amide bonds. The Morgan fingerprint density at radius 2 is 1.15 bits per heavy atom. The van der Waals surface area contributed by atoms with Crippen LogP contribution in [-0.2, 0) is 57.4 Å². The van der Waals surface area contributed by atoms with E-state index < -0.39 is 77.9 Å². The number of thiol groups is 2. The second-order valence-corrected chi connectivity index (χ2v) is 22.9. The van der Waals surface area contributed by atoms with Crippen molar-refractivity contribution in [2.24, 2.45) is 35.5 Å². The van der Waals surface area contributed by atoms with E-state index in [0.29, 0.717) is 24.3 Å². The molecule has 0 saturated carbocycles. The van der Waals surface area contributed by atoms with Crippen molar-refractivity contribution < 1.29 is 57.4 Å². The maximum Gasteiger partial charge on any atom is 0.329 e. The van der Waals surface area contributed by atoms with E-state index in [1.807, 2.05) is 33.8 Å². The SMILES string of the molecule is C/C=C1\CC(=O)[C@@H](CS)NC(=O)[C@@H](C(C)C)CC(=O)C[C@H](/C=C/CCS)OC(=O)[C@H](C(C)C)NC1=O.C/C=C1\CC(=O)[C@H]2CSSCC/C=C/[C@@H](CC(=O)C[C@H](C(C)C)C(=O)N2)OC(=O)[C@H](C(C)C)NC1=O. The summed E-state index contributed by atoms with van der Waals surface area (Å²) in [5, 5.41) is 11.0. The molecule has 8 atom stereocenters. The normalized spacial score (nSPS) is 28.6. The molecule has 0 aromatic carbocycles. The number of fused-ring (bicyclic) bond motifs is 7. The van der Waals surface area contributed by atoms with Crippen molar-refractivity contribution in [3.8, 4) is 0 Å². The molecule has 0 aliphatic carbocycles. The van der Waals surface area contributed by atoms with Crippen LogP contribution in [0, 0.1) is 35.5 Å². The predicted molar refractivity (Wildman–Crippen MR) is 289 cm³/mol. The third-order valence-corrected chi connectivity index (χ3v) is 15.3. The van der Waals surface area contributed by atoms with Crippen molar-refractivity contribution >= 4 is 106 Å². The number of cyclic esters (lactones) is 1. The lowest BCUT2D eigenvalue weighted by Crippen LogP contribution is -2.49. The Morgan fingerprint density at radius 1 is 0.639 bits per heavy atom. The largest absolute Gasteiger partial charge is 0.456 e. The van der Waals surface area contributed by atoms with Gasteiger partial charge in [0.1, 0.15) is 35.9 Å². The third kappa shape index (κ3) is 21.8. The summed E-state index contributed by atoms with van der Waals surface area (Å²) >= 11 is 8.39. The van der Waals surface area contributed by atoms with Gasteiger partial charge in [0, 0.05) is 78.8 Å². The van der Waals surface area contributed by atoms with Gasteiger partial charge in [0.05, 0.1) is 12.1 Å². The first-order valence-electron chi connectivity index (χ1n) is 24.8. The molecule has 2 saturated heterocycles. The summed E-state index contributed by atoms with van der Waals surface area (Å²) in [6, 6.07) is -3.64. The molecule has 0 radical (unpaired) electrons. The van der Waals surface area contributed by atoms with E-state index in [0.717, 1.165) is 5.75 Å². The van der Waals surface area contributed by atoms with Crippen molar-refractivity contribution in [3.63, 3.8) is 0 Å². The first-order chi connectivity index (χ1) is 34.0. The van der Waals surface area contributed by atoms with E-state index >= 15 is 0 Å². The number of hydrogen-bond donors (Lipinski definition) is 6. The topological polar surface area (TPSA) is 237 Å². The van der Waals surface area contributed by atoms with E-state index in [2.05, 4.69) is 46.5 Å². The van der Waals surface area contributed by atoms with Gasteiger partial charge in [0.25, 0.3) is 0 Å². The fourth-order valence-corrected chi connectivity index (χ4v) is 10.3. The van der Waals surface area contributed by atoms with Crippen LogP contribution in [-0.4, -0.2) is 118 Å². The van der Waals surface area contributed by atoms with Gasteiger partial charge in [-0.2, -0.15) is 25.3 Å². The zero-order chi connectivity index (χ0) is 54.2. The van der Waals surface area contributed by atoms with Crippen LogP contribution in [0.2, 0.25) is 0 Å². The van der Waals surface area contributed by atoms with Crippen molar-refractivity contribution in [1.29, 1.82) is 0 Å². The van der Waals surface area contributed by atoms with Crippen molar-refractivity contribution in [2.45, 2.75) is 157 Å². The van der Waals surface area contributed by atoms with Crippen molar-refractivity contribution in [1.82, 2.24) is 21.3 Å². The molecule has 3 heterocycles. The van der Waals surface area contributed by atoms with Crippen LogP contribution >= 0.6 is 46.8 Å². The minimum Gasteiger partial charge on any atom is -0.456 e. The van der Waals surface area contributed by atoms with Crippen molar-refractivity contribution in [2.75, 3.05) is 23.0 Å². The van der Waals surface area contributed by atoms with E-state index in [-0.39, 0.29) is 108 Å². The standard InChI is InChI=1S/C26H38N2O6S2.C26H40N2O6S2/c1-6-17-11-22(30)21-14-36-35-10-8-7-9-19(34-26(33)23(16(4)5)28-24(17)31)12-18(29)13-20(15(2)3)25(32)27-21;1-6-17-11-22(30)21(14-36)27-25(32)20(15(2)3)13-18(29)12-19(9-7-8-10-35)34-26(33)23(16(4)5)28-24(17)31/h6-7,9,15-16,19-21,23H,8,10-14H2,1-5H3,(H,27,32)(H,28,31);6-7,9,15-16,19-21,23,35-36H,8,10-14H2,1-5H3,(H,27,32)(H,28,31)/b2*9-7+,17-6+/t2*19-,20+,21+,23-/m00/s1. The number of carbonyl (C=O) groups excluding carboxylic acids is 10. The molecule has 0 aromatic heterocycles. The molecule has 4 N–H and O–H groups in total. The maximum atomic E-state index is 13.3. The lowest BCUT2D eigenvalue weighted by molar-refractivity contribution is -0.153. The molecule has 0 aromatic rings. The maximum absolute atomic E-state index is 13.3. The molecule has 3 rings (SSSR count). The van der Waals surface area contributed by atoms with Gasteiger partial charge in [0.2, 0.25) is 23.6 Å². The summed E-state index contributed by atoms with van der Waals surface area (Å²) < 4.78 is 11.4. The zero-order valence-corrected chi connectivity index (χ0v) is 46.9. The summed E-state index contributed by atoms with van der Waals surface area (Å²) in [4.78, 5) is 131. The van der Waals surface area contributed by atoms with E-state index in [9.17, 15) is 47.9 Å². The van der Waals surface area contributed by atoms with Crippen LogP contribution in [0.25, 0.3) is 0 Å². The number of carbonyl (C=O) groups is 10. The lowest BCUT2D eigenvalue weighted by atomic mass is 9.88. The monoisotopic (exact) mass is 1080 g/mol. The Labute approximate surface area is 445 Å². The number of esters is 2. The average molecular weight is 1080 g/mol. The molecule has 402 valence electrons. The van der Waals surface area contributed by atoms with Crippen LogP contribution in [0.5, 0.6) is 0 Å². The van der Waals surface area contributed by atoms with Crippen LogP contribution in [0.15, 0.2) is 47.6 Å². The number of rotatable bonds is 8. The van der Waals surface area contributed by atoms with E-state index in [1.165, 1.54) is 16.9 Å². The second-order valence-electron chi connectivity index (χ2n) is 19.4. The summed E-state index contributed by atoms with van der Waals surface area (Å²) in [5.41, 5.74) is 0.395. The Kier molecular flexibility index (Phi) is 29.3. The van der Waals surface area contributed by atoms with Gasteiger partial charge < -0.3 is 30.7 Å². The molecule has 72 heavy (non-hydrogen) atoms. The number of hydrogen-bond acceptors (Lipinski definition) is 16. The summed E-state index contributed by atoms with van der Waals surface area (Å²) in [7, 11) is 3.05. The highest BCUT2D eigenvalue weighted by Crippen LogP contribution is 2.27. The molecule has 0 unspecified atom stereocenters. The Bertz CT molecular complexity index is 2040. The quantitative estimate of drug-likeness (QED) is 0.0517. The lowest BCUT2D eigenvalue weighted by Gasteiger charge is -2.26. The number of amides is 4. The average Bonchev–Trinajstić information content (AvgIpc) is 3.31. The summed E-state index contributed by atoms with van der Waals surface area (Å²) in [6.07, 6.45) is 9.06. The minimum absolute atomic E-state index is 0.0152. The van der Waals surface area contributed by atoms with Gasteiger partial charge in [-0.1, -0.05) is 101 Å². The van der Waals surface area contributed by atoms with Gasteiger partial charge >= 0.3 is 11.9 Å². The molecule has 20 heteroatoms. The van der Waals surface area contributed by atoms with Gasteiger partial charge in [-0.05, 0) is 68.3 Å². The van der Waals surface area contributed by atoms with Crippen molar-refractivity contribution in [3.05, 3.63) is 47.6 Å². The number of ether oxygens (including phenoxy) is 2. The van der Waals surface area contributed by atoms with Gasteiger partial charge in [-0.3, -0.25) is 38.4 Å². The summed E-state index contributed by atoms with van der Waals surface area (Å²) in [6.45, 7) is 17.8. The zero-order valence-electron chi connectivity index (χ0n) is 43.5. The summed E-state index contributed by atoms with van der Waals surface area (Å²) in [5.74, 6) is -4.83. The minimum atomic E-state index is -0.977. The highest BCUT2D eigenvalue weighted by Gasteiger charge is 2.36. The van der Waals surface area contributed by atoms with Gasteiger partial charge in [0.15, 0.2) is 11.6 Å². The first kappa shape index (κ1) is 64.0. The highest BCUT2D eigenvalue weighted by molar-refractivity contribution is 8.76. The number of ketones is 4. The number of nitrogens with one attached hydrogen (secondary N) is 4. The Morgan fingerprint density at radius 3 is 1.65 bits per heavy atom. The molecular weight excluding hydrogens is 1000 g/mol. The smallest absolute Gasteiger partial charge is 0.329 e. The number of Topliss-reactive ketones (excluding diaryl/α,β-unsaturated/α-hetero) is 4. The molecule has 16 nitrogen and oxygen atoms in total. The molecule has 0 spiro atoms. The molecule has 3 aliphatic heterocycles. The fourth-order valence-electron chi connectivity index (χ4n) is 7.69. The van der Waals surface area contributed by atoms with Crippen LogP contribution in [0.3, 0.4) is 0 Å². The molecule has 2 fully saturated rings. The molecule has 2 bridgehead atoms. The molecular formula is C52H78N4O12S4.